The Bertz CT molecular complexity index is 980. The molecule has 0 unspecified atom stereocenters. The number of phenolic OH excluding ortho intramolecular Hbond substituents is 1. The predicted molar refractivity (Wildman–Crippen MR) is 97.4 cm³/mol. The maximum absolute atomic E-state index is 12.4. The van der Waals surface area contributed by atoms with Crippen molar-refractivity contribution in [2.75, 3.05) is 7.11 Å². The van der Waals surface area contributed by atoms with E-state index in [2.05, 4.69) is 5.32 Å². The summed E-state index contributed by atoms with van der Waals surface area (Å²) in [5.74, 6) is -1.11. The fourth-order valence-electron chi connectivity index (χ4n) is 2.16. The molecule has 7 heteroatoms. The van der Waals surface area contributed by atoms with Gasteiger partial charge in [0.15, 0.2) is 22.8 Å². The van der Waals surface area contributed by atoms with Crippen LogP contribution in [0, 0.1) is 22.7 Å². The number of aliphatic hydroxyl groups is 1. The second-order valence-corrected chi connectivity index (χ2v) is 5.26. The summed E-state index contributed by atoms with van der Waals surface area (Å²) in [6, 6.07) is 15.8. The van der Waals surface area contributed by atoms with E-state index in [1.165, 1.54) is 31.4 Å². The number of aliphatic hydroxyl groups excluding tert-OH is 1. The lowest BCUT2D eigenvalue weighted by atomic mass is 10.1. The van der Waals surface area contributed by atoms with Crippen molar-refractivity contribution in [3.8, 4) is 23.6 Å². The number of rotatable bonds is 5. The van der Waals surface area contributed by atoms with Crippen molar-refractivity contribution < 1.29 is 19.7 Å². The van der Waals surface area contributed by atoms with Crippen LogP contribution in [0.15, 0.2) is 65.6 Å². The Balaban J connectivity index is 2.51. The first-order valence-corrected chi connectivity index (χ1v) is 7.69. The zero-order valence-electron chi connectivity index (χ0n) is 14.3. The van der Waals surface area contributed by atoms with Gasteiger partial charge in [-0.3, -0.25) is 4.79 Å². The van der Waals surface area contributed by atoms with Gasteiger partial charge in [-0.05, 0) is 35.9 Å². The number of nitriles is 2. The van der Waals surface area contributed by atoms with Gasteiger partial charge < -0.3 is 20.3 Å². The van der Waals surface area contributed by atoms with E-state index < -0.39 is 17.2 Å². The van der Waals surface area contributed by atoms with Crippen molar-refractivity contribution in [2.45, 2.75) is 0 Å². The van der Waals surface area contributed by atoms with E-state index in [0.717, 1.165) is 0 Å². The van der Waals surface area contributed by atoms with Crippen molar-refractivity contribution >= 4 is 12.0 Å². The summed E-state index contributed by atoms with van der Waals surface area (Å²) in [6.45, 7) is 0. The largest absolute Gasteiger partial charge is 0.504 e. The van der Waals surface area contributed by atoms with Gasteiger partial charge in [-0.2, -0.15) is 10.5 Å². The van der Waals surface area contributed by atoms with Crippen LogP contribution < -0.4 is 10.1 Å². The highest BCUT2D eigenvalue weighted by Gasteiger charge is 2.15. The van der Waals surface area contributed by atoms with Crippen LogP contribution in [0.25, 0.3) is 6.08 Å². The second-order valence-electron chi connectivity index (χ2n) is 5.26. The van der Waals surface area contributed by atoms with Crippen LogP contribution in [0.4, 0.5) is 0 Å². The molecule has 3 N–H and O–H groups in total. The number of amides is 1. The Kier molecular flexibility index (Phi) is 6.19. The fourth-order valence-corrected chi connectivity index (χ4v) is 2.16. The number of benzene rings is 2. The zero-order valence-corrected chi connectivity index (χ0v) is 14.3. The van der Waals surface area contributed by atoms with E-state index in [0.29, 0.717) is 11.1 Å². The van der Waals surface area contributed by atoms with Crippen molar-refractivity contribution in [1.29, 1.82) is 10.5 Å². The molecule has 0 saturated carbocycles. The number of carbonyl (C=O) groups excluding carboxylic acids is 1. The SMILES string of the molecule is COc1cc(/C=C(\NC(=O)c2ccccc2)C(O)=C(C#N)C#N)ccc1O. The van der Waals surface area contributed by atoms with Crippen molar-refractivity contribution in [3.63, 3.8) is 0 Å². The standard InChI is InChI=1S/C20H15N3O4/c1-27-18-10-13(7-8-17(18)24)9-16(19(25)15(11-21)12-22)23-20(26)14-5-3-2-4-6-14/h2-10,24-25H,1H3,(H,23,26)/b16-9-. The third kappa shape index (κ3) is 4.65. The Hall–Kier alpha value is -4.23. The smallest absolute Gasteiger partial charge is 0.255 e. The number of hydrogen-bond donors (Lipinski definition) is 3. The third-order valence-electron chi connectivity index (χ3n) is 3.51. The monoisotopic (exact) mass is 361 g/mol. The molecule has 0 heterocycles. The summed E-state index contributed by atoms with van der Waals surface area (Å²) in [5, 5.41) is 40.4. The van der Waals surface area contributed by atoms with Gasteiger partial charge in [-0.25, -0.2) is 0 Å². The summed E-state index contributed by atoms with van der Waals surface area (Å²) in [7, 11) is 1.38. The summed E-state index contributed by atoms with van der Waals surface area (Å²) >= 11 is 0. The first-order chi connectivity index (χ1) is 13.0. The molecule has 134 valence electrons. The highest BCUT2D eigenvalue weighted by Crippen LogP contribution is 2.27. The van der Waals surface area contributed by atoms with Gasteiger partial charge in [0.2, 0.25) is 0 Å². The minimum absolute atomic E-state index is 0.0842. The molecule has 0 radical (unpaired) electrons. The van der Waals surface area contributed by atoms with Crippen LogP contribution in [0.1, 0.15) is 15.9 Å². The number of nitrogens with zero attached hydrogens (tertiary/aromatic N) is 2. The molecule has 0 aliphatic carbocycles. The molecule has 0 bridgehead atoms. The van der Waals surface area contributed by atoms with Gasteiger partial charge in [-0.1, -0.05) is 24.3 Å². The summed E-state index contributed by atoms with van der Waals surface area (Å²) < 4.78 is 5.02. The number of ether oxygens (including phenoxy) is 1. The minimum Gasteiger partial charge on any atom is -0.504 e. The molecule has 0 spiro atoms. The molecule has 7 nitrogen and oxygen atoms in total. The van der Waals surface area contributed by atoms with E-state index in [9.17, 15) is 15.0 Å². The van der Waals surface area contributed by atoms with E-state index in [-0.39, 0.29) is 17.2 Å². The van der Waals surface area contributed by atoms with Crippen LogP contribution in [-0.4, -0.2) is 23.2 Å². The second kappa shape index (κ2) is 8.75. The Labute approximate surface area is 155 Å². The molecule has 1 amide bonds. The van der Waals surface area contributed by atoms with Crippen LogP contribution >= 0.6 is 0 Å². The number of nitrogens with one attached hydrogen (secondary N) is 1. The molecule has 2 rings (SSSR count). The molecule has 0 aliphatic heterocycles. The highest BCUT2D eigenvalue weighted by molar-refractivity contribution is 5.96. The number of phenols is 1. The molecule has 0 atom stereocenters. The van der Waals surface area contributed by atoms with Gasteiger partial charge in [0.1, 0.15) is 12.1 Å². The zero-order chi connectivity index (χ0) is 19.8. The van der Waals surface area contributed by atoms with Crippen LogP contribution in [0.5, 0.6) is 11.5 Å². The molecular weight excluding hydrogens is 346 g/mol. The number of methoxy groups -OCH3 is 1. The van der Waals surface area contributed by atoms with E-state index in [1.54, 1.807) is 42.5 Å². The van der Waals surface area contributed by atoms with Gasteiger partial charge >= 0.3 is 0 Å². The normalized spacial score (nSPS) is 10.3. The topological polar surface area (TPSA) is 126 Å². The fraction of sp³-hybridized carbons (Fsp3) is 0.0500. The Morgan fingerprint density at radius 2 is 1.81 bits per heavy atom. The average Bonchev–Trinajstić information content (AvgIpc) is 2.70. The predicted octanol–water partition coefficient (Wildman–Crippen LogP) is 3.03. The Morgan fingerprint density at radius 3 is 2.41 bits per heavy atom. The van der Waals surface area contributed by atoms with Crippen LogP contribution in [0.3, 0.4) is 0 Å². The molecule has 27 heavy (non-hydrogen) atoms. The van der Waals surface area contributed by atoms with E-state index in [4.69, 9.17) is 15.3 Å². The molecule has 2 aromatic rings. The quantitative estimate of drug-likeness (QED) is 0.427. The Morgan fingerprint density at radius 1 is 1.15 bits per heavy atom. The van der Waals surface area contributed by atoms with Crippen molar-refractivity contribution in [2.24, 2.45) is 0 Å². The molecule has 2 aromatic carbocycles. The summed E-state index contributed by atoms with van der Waals surface area (Å²) in [5.41, 5.74) is 0.0831. The van der Waals surface area contributed by atoms with Crippen LogP contribution in [0.2, 0.25) is 0 Å². The minimum atomic E-state index is -0.670. The lowest BCUT2D eigenvalue weighted by Gasteiger charge is -2.11. The number of aromatic hydroxyl groups is 1. The lowest BCUT2D eigenvalue weighted by molar-refractivity contribution is 0.0964. The van der Waals surface area contributed by atoms with Crippen molar-refractivity contribution in [3.05, 3.63) is 76.7 Å². The highest BCUT2D eigenvalue weighted by atomic mass is 16.5. The maximum Gasteiger partial charge on any atom is 0.255 e. The summed E-state index contributed by atoms with van der Waals surface area (Å²) in [4.78, 5) is 12.4. The number of allylic oxidation sites excluding steroid dienone is 1. The van der Waals surface area contributed by atoms with Gasteiger partial charge in [-0.15, -0.1) is 0 Å². The van der Waals surface area contributed by atoms with E-state index in [1.807, 2.05) is 0 Å². The van der Waals surface area contributed by atoms with Crippen molar-refractivity contribution in [1.82, 2.24) is 5.32 Å². The molecule has 0 saturated heterocycles. The molecular formula is C20H15N3O4. The maximum atomic E-state index is 12.4. The number of hydrogen-bond acceptors (Lipinski definition) is 6. The third-order valence-corrected chi connectivity index (χ3v) is 3.51. The molecule has 0 aliphatic rings. The van der Waals surface area contributed by atoms with Gasteiger partial charge in [0, 0.05) is 5.56 Å². The molecule has 0 aromatic heterocycles. The van der Waals surface area contributed by atoms with Gasteiger partial charge in [0.05, 0.1) is 12.8 Å². The van der Waals surface area contributed by atoms with Gasteiger partial charge in [0.25, 0.3) is 5.91 Å². The number of carbonyl (C=O) groups is 1. The average molecular weight is 361 g/mol. The first-order valence-electron chi connectivity index (χ1n) is 7.69. The lowest BCUT2D eigenvalue weighted by Crippen LogP contribution is -2.24. The van der Waals surface area contributed by atoms with E-state index >= 15 is 0 Å². The van der Waals surface area contributed by atoms with Crippen LogP contribution in [-0.2, 0) is 0 Å². The first kappa shape index (κ1) is 19.1. The molecule has 0 fully saturated rings. The summed E-state index contributed by atoms with van der Waals surface area (Å²) in [6.07, 6.45) is 1.35.